The Labute approximate surface area is 64.0 Å². The predicted octanol–water partition coefficient (Wildman–Crippen LogP) is 0.926. The third kappa shape index (κ3) is 2.33. The highest BCUT2D eigenvalue weighted by atomic mass is 19.1. The van der Waals surface area contributed by atoms with E-state index in [-0.39, 0.29) is 5.82 Å². The molecule has 0 spiro atoms. The number of rotatable bonds is 3. The molecule has 0 saturated carbocycles. The van der Waals surface area contributed by atoms with Crippen LogP contribution in [-0.2, 0) is 6.54 Å². The highest BCUT2D eigenvalue weighted by molar-refractivity contribution is 5.22. The van der Waals surface area contributed by atoms with E-state index in [0.717, 1.165) is 11.8 Å². The molecule has 11 heavy (non-hydrogen) atoms. The molecular formula is C7H8FN3. The van der Waals surface area contributed by atoms with Gasteiger partial charge in [-0.25, -0.2) is 4.39 Å². The van der Waals surface area contributed by atoms with Crippen molar-refractivity contribution in [1.82, 2.24) is 10.4 Å². The lowest BCUT2D eigenvalue weighted by Gasteiger charge is -1.98. The van der Waals surface area contributed by atoms with Gasteiger partial charge in [0.1, 0.15) is 5.82 Å². The van der Waals surface area contributed by atoms with Crippen LogP contribution in [0.25, 0.3) is 0 Å². The van der Waals surface area contributed by atoms with E-state index >= 15 is 0 Å². The minimum Gasteiger partial charge on any atom is -0.306 e. The summed E-state index contributed by atoms with van der Waals surface area (Å²) in [4.78, 5) is 3.66. The average molecular weight is 153 g/mol. The van der Waals surface area contributed by atoms with E-state index in [4.69, 9.17) is 0 Å². The number of nitrogens with zero attached hydrogens (tertiary/aromatic N) is 2. The first kappa shape index (κ1) is 7.65. The van der Waals surface area contributed by atoms with Crippen LogP contribution in [0.2, 0.25) is 0 Å². The van der Waals surface area contributed by atoms with Gasteiger partial charge in [-0.1, -0.05) is 0 Å². The van der Waals surface area contributed by atoms with Gasteiger partial charge in [-0.2, -0.15) is 5.10 Å². The standard InChI is InChI=1S/C7H8FN3/c1-9-11-4-6-2-7(8)5-10-3-6/h2-3,5,11H,1,4H2. The molecule has 3 nitrogen and oxygen atoms in total. The van der Waals surface area contributed by atoms with Crippen molar-refractivity contribution in [2.24, 2.45) is 5.10 Å². The number of halogens is 1. The third-order valence-electron chi connectivity index (χ3n) is 1.16. The van der Waals surface area contributed by atoms with Gasteiger partial charge in [-0.15, -0.1) is 0 Å². The molecule has 1 aromatic heterocycles. The number of hydrogen-bond donors (Lipinski definition) is 1. The van der Waals surface area contributed by atoms with E-state index in [1.54, 1.807) is 6.20 Å². The number of nitrogens with one attached hydrogen (secondary N) is 1. The molecule has 0 saturated heterocycles. The molecule has 0 aliphatic carbocycles. The lowest BCUT2D eigenvalue weighted by molar-refractivity contribution is 0.615. The van der Waals surface area contributed by atoms with Gasteiger partial charge in [0.05, 0.1) is 12.7 Å². The molecule has 0 unspecified atom stereocenters. The quantitative estimate of drug-likeness (QED) is 0.518. The Bertz CT molecular complexity index is 249. The Hall–Kier alpha value is -1.45. The van der Waals surface area contributed by atoms with Crippen molar-refractivity contribution in [3.63, 3.8) is 0 Å². The van der Waals surface area contributed by atoms with Crippen LogP contribution in [0.5, 0.6) is 0 Å². The Morgan fingerprint density at radius 1 is 1.64 bits per heavy atom. The van der Waals surface area contributed by atoms with Crippen molar-refractivity contribution in [2.75, 3.05) is 0 Å². The Kier molecular flexibility index (Phi) is 2.54. The van der Waals surface area contributed by atoms with Gasteiger partial charge in [0.25, 0.3) is 0 Å². The molecule has 1 rings (SSSR count). The summed E-state index contributed by atoms with van der Waals surface area (Å²) < 4.78 is 12.5. The van der Waals surface area contributed by atoms with E-state index < -0.39 is 0 Å². The molecule has 1 N–H and O–H groups in total. The molecule has 0 radical (unpaired) electrons. The van der Waals surface area contributed by atoms with Crippen LogP contribution in [-0.4, -0.2) is 11.7 Å². The molecule has 0 amide bonds. The molecule has 0 fully saturated rings. The number of hydrazone groups is 1. The van der Waals surface area contributed by atoms with Crippen LogP contribution in [0.4, 0.5) is 4.39 Å². The van der Waals surface area contributed by atoms with Crippen LogP contribution in [0.1, 0.15) is 5.56 Å². The first-order valence-corrected chi connectivity index (χ1v) is 3.11. The summed E-state index contributed by atoms with van der Waals surface area (Å²) in [6.45, 7) is 3.68. The van der Waals surface area contributed by atoms with Crippen LogP contribution in [0.15, 0.2) is 23.6 Å². The second-order valence-electron chi connectivity index (χ2n) is 2.00. The van der Waals surface area contributed by atoms with Gasteiger partial charge < -0.3 is 5.43 Å². The molecule has 1 aromatic rings. The zero-order chi connectivity index (χ0) is 8.10. The minimum absolute atomic E-state index is 0.339. The van der Waals surface area contributed by atoms with Crippen molar-refractivity contribution in [2.45, 2.75) is 6.54 Å². The SMILES string of the molecule is C=NNCc1cncc(F)c1. The fourth-order valence-electron chi connectivity index (χ4n) is 0.700. The summed E-state index contributed by atoms with van der Waals surface area (Å²) in [6.07, 6.45) is 2.73. The molecule has 0 aliphatic heterocycles. The molecule has 1 heterocycles. The molecule has 4 heteroatoms. The summed E-state index contributed by atoms with van der Waals surface area (Å²) in [5, 5.41) is 3.41. The fourth-order valence-corrected chi connectivity index (χ4v) is 0.700. The lowest BCUT2D eigenvalue weighted by atomic mass is 10.3. The largest absolute Gasteiger partial charge is 0.306 e. The maximum Gasteiger partial charge on any atom is 0.141 e. The maximum atomic E-state index is 12.5. The van der Waals surface area contributed by atoms with Gasteiger partial charge in [-0.05, 0) is 11.6 Å². The number of pyridine rings is 1. The fraction of sp³-hybridized carbons (Fsp3) is 0.143. The van der Waals surface area contributed by atoms with Gasteiger partial charge in [0.2, 0.25) is 0 Å². The average Bonchev–Trinajstić information content (AvgIpc) is 2.01. The maximum absolute atomic E-state index is 12.5. The van der Waals surface area contributed by atoms with Crippen molar-refractivity contribution < 1.29 is 4.39 Å². The molecule has 58 valence electrons. The van der Waals surface area contributed by atoms with E-state index in [9.17, 15) is 4.39 Å². The van der Waals surface area contributed by atoms with Crippen LogP contribution in [0, 0.1) is 5.82 Å². The lowest BCUT2D eigenvalue weighted by Crippen LogP contribution is -2.04. The number of hydrogen-bond acceptors (Lipinski definition) is 3. The summed E-state index contributed by atoms with van der Waals surface area (Å²) in [7, 11) is 0. The monoisotopic (exact) mass is 153 g/mol. The summed E-state index contributed by atoms with van der Waals surface area (Å²) >= 11 is 0. The Balaban J connectivity index is 2.63. The van der Waals surface area contributed by atoms with Crippen LogP contribution in [0.3, 0.4) is 0 Å². The third-order valence-corrected chi connectivity index (χ3v) is 1.16. The van der Waals surface area contributed by atoms with Gasteiger partial charge >= 0.3 is 0 Å². The first-order chi connectivity index (χ1) is 5.33. The van der Waals surface area contributed by atoms with E-state index in [2.05, 4.69) is 22.2 Å². The van der Waals surface area contributed by atoms with Crippen molar-refractivity contribution in [3.05, 3.63) is 29.8 Å². The minimum atomic E-state index is -0.339. The van der Waals surface area contributed by atoms with Crippen molar-refractivity contribution >= 4 is 6.72 Å². The summed E-state index contributed by atoms with van der Waals surface area (Å²) in [6, 6.07) is 1.39. The molecule has 0 atom stereocenters. The molecule has 0 aromatic carbocycles. The zero-order valence-corrected chi connectivity index (χ0v) is 5.92. The van der Waals surface area contributed by atoms with Gasteiger partial charge in [0, 0.05) is 12.9 Å². The highest BCUT2D eigenvalue weighted by Gasteiger charge is 1.93. The van der Waals surface area contributed by atoms with Gasteiger partial charge in [-0.3, -0.25) is 4.98 Å². The van der Waals surface area contributed by atoms with Crippen molar-refractivity contribution in [3.8, 4) is 0 Å². The van der Waals surface area contributed by atoms with Crippen molar-refractivity contribution in [1.29, 1.82) is 0 Å². The first-order valence-electron chi connectivity index (χ1n) is 3.11. The van der Waals surface area contributed by atoms with Crippen LogP contribution < -0.4 is 5.43 Å². The normalized spacial score (nSPS) is 9.18. The van der Waals surface area contributed by atoms with E-state index in [1.807, 2.05) is 0 Å². The summed E-state index contributed by atoms with van der Waals surface area (Å²) in [5.74, 6) is -0.339. The van der Waals surface area contributed by atoms with Gasteiger partial charge in [0.15, 0.2) is 0 Å². The molecular weight excluding hydrogens is 145 g/mol. The second kappa shape index (κ2) is 3.65. The van der Waals surface area contributed by atoms with E-state index in [0.29, 0.717) is 6.54 Å². The molecule has 0 aliphatic rings. The highest BCUT2D eigenvalue weighted by Crippen LogP contribution is 1.99. The zero-order valence-electron chi connectivity index (χ0n) is 5.92. The predicted molar refractivity (Wildman–Crippen MR) is 40.6 cm³/mol. The topological polar surface area (TPSA) is 37.3 Å². The second-order valence-corrected chi connectivity index (χ2v) is 2.00. The summed E-state index contributed by atoms with van der Waals surface area (Å²) in [5.41, 5.74) is 3.35. The van der Waals surface area contributed by atoms with E-state index in [1.165, 1.54) is 6.07 Å². The van der Waals surface area contributed by atoms with Crippen LogP contribution >= 0.6 is 0 Å². The molecule has 0 bridgehead atoms. The Morgan fingerprint density at radius 3 is 3.09 bits per heavy atom. The number of aromatic nitrogens is 1. The smallest absolute Gasteiger partial charge is 0.141 e. The Morgan fingerprint density at radius 2 is 2.45 bits per heavy atom.